The third kappa shape index (κ3) is 3.19. The first-order valence-corrected chi connectivity index (χ1v) is 7.48. The minimum atomic E-state index is -0.229. The molecule has 2 heterocycles. The van der Waals surface area contributed by atoms with Crippen LogP contribution in [0.5, 0.6) is 0 Å². The summed E-state index contributed by atoms with van der Waals surface area (Å²) in [6.45, 7) is 3.66. The molecule has 0 bridgehead atoms. The van der Waals surface area contributed by atoms with Crippen LogP contribution in [0.15, 0.2) is 30.3 Å². The van der Waals surface area contributed by atoms with Crippen molar-refractivity contribution in [3.05, 3.63) is 35.9 Å². The Kier molecular flexibility index (Phi) is 4.41. The van der Waals surface area contributed by atoms with Crippen molar-refractivity contribution < 1.29 is 14.3 Å². The third-order valence-electron chi connectivity index (χ3n) is 4.36. The van der Waals surface area contributed by atoms with Crippen LogP contribution in [0.1, 0.15) is 12.0 Å². The summed E-state index contributed by atoms with van der Waals surface area (Å²) in [4.78, 5) is 16.6. The van der Waals surface area contributed by atoms with E-state index in [1.165, 1.54) is 6.42 Å². The van der Waals surface area contributed by atoms with Crippen molar-refractivity contribution in [2.45, 2.75) is 25.1 Å². The first-order valence-electron chi connectivity index (χ1n) is 7.48. The highest BCUT2D eigenvalue weighted by Crippen LogP contribution is 2.26. The van der Waals surface area contributed by atoms with Crippen molar-refractivity contribution in [2.75, 3.05) is 33.4 Å². The molecule has 2 aliphatic heterocycles. The molecule has 2 saturated heterocycles. The molecule has 21 heavy (non-hydrogen) atoms. The van der Waals surface area contributed by atoms with Crippen molar-refractivity contribution >= 4 is 6.09 Å². The molecule has 0 aliphatic carbocycles. The van der Waals surface area contributed by atoms with Gasteiger partial charge in [0.25, 0.3) is 0 Å². The third-order valence-corrected chi connectivity index (χ3v) is 4.36. The highest BCUT2D eigenvalue weighted by molar-refractivity contribution is 5.68. The van der Waals surface area contributed by atoms with Crippen LogP contribution in [0, 0.1) is 0 Å². The molecule has 1 aromatic rings. The van der Waals surface area contributed by atoms with E-state index in [-0.39, 0.29) is 12.1 Å². The van der Waals surface area contributed by atoms with E-state index < -0.39 is 0 Å². The zero-order valence-corrected chi connectivity index (χ0v) is 12.4. The van der Waals surface area contributed by atoms with E-state index in [4.69, 9.17) is 9.47 Å². The van der Waals surface area contributed by atoms with Gasteiger partial charge in [0.2, 0.25) is 0 Å². The summed E-state index contributed by atoms with van der Waals surface area (Å²) >= 11 is 0. The number of fused-ring (bicyclic) bond motifs is 1. The van der Waals surface area contributed by atoms with E-state index in [9.17, 15) is 4.79 Å². The summed E-state index contributed by atoms with van der Waals surface area (Å²) < 4.78 is 10.7. The maximum absolute atomic E-state index is 12.4. The second-order valence-corrected chi connectivity index (χ2v) is 5.74. The van der Waals surface area contributed by atoms with Gasteiger partial charge in [-0.05, 0) is 12.0 Å². The molecule has 3 rings (SSSR count). The maximum Gasteiger partial charge on any atom is 0.410 e. The molecule has 0 radical (unpaired) electrons. The molecular weight excluding hydrogens is 268 g/mol. The van der Waals surface area contributed by atoms with Crippen LogP contribution < -0.4 is 0 Å². The normalized spacial score (nSPS) is 25.1. The number of carbonyl (C=O) groups is 1. The summed E-state index contributed by atoms with van der Waals surface area (Å²) in [5.41, 5.74) is 1.01. The number of methoxy groups -OCH3 is 1. The van der Waals surface area contributed by atoms with E-state index in [2.05, 4.69) is 4.90 Å². The van der Waals surface area contributed by atoms with Gasteiger partial charge in [-0.25, -0.2) is 4.79 Å². The van der Waals surface area contributed by atoms with Crippen LogP contribution in [0.2, 0.25) is 0 Å². The van der Waals surface area contributed by atoms with Gasteiger partial charge in [0, 0.05) is 32.8 Å². The Balaban J connectivity index is 1.58. The molecule has 5 heteroatoms. The van der Waals surface area contributed by atoms with Gasteiger partial charge in [-0.3, -0.25) is 4.90 Å². The van der Waals surface area contributed by atoms with Crippen LogP contribution in [-0.2, 0) is 16.1 Å². The molecule has 0 spiro atoms. The van der Waals surface area contributed by atoms with Crippen LogP contribution in [0.4, 0.5) is 4.79 Å². The van der Waals surface area contributed by atoms with E-state index in [0.717, 1.165) is 25.2 Å². The van der Waals surface area contributed by atoms with E-state index in [1.807, 2.05) is 35.2 Å². The lowest BCUT2D eigenvalue weighted by molar-refractivity contribution is -0.0460. The molecule has 2 aliphatic rings. The Morgan fingerprint density at radius 2 is 2.10 bits per heavy atom. The van der Waals surface area contributed by atoms with Gasteiger partial charge in [0.05, 0.1) is 12.6 Å². The topological polar surface area (TPSA) is 42.0 Å². The minimum absolute atomic E-state index is 0.0924. The van der Waals surface area contributed by atoms with Crippen LogP contribution >= 0.6 is 0 Å². The molecule has 1 aromatic carbocycles. The molecule has 2 unspecified atom stereocenters. The average molecular weight is 290 g/mol. The molecule has 0 N–H and O–H groups in total. The quantitative estimate of drug-likeness (QED) is 0.847. The number of piperazine rings is 1. The lowest BCUT2D eigenvalue weighted by Crippen LogP contribution is -2.66. The number of hydrogen-bond acceptors (Lipinski definition) is 4. The van der Waals surface area contributed by atoms with E-state index in [0.29, 0.717) is 19.3 Å². The van der Waals surface area contributed by atoms with E-state index in [1.54, 1.807) is 7.11 Å². The zero-order chi connectivity index (χ0) is 14.7. The Hall–Kier alpha value is -1.59. The number of nitrogens with zero attached hydrogens (tertiary/aromatic N) is 2. The number of ether oxygens (including phenoxy) is 2. The summed E-state index contributed by atoms with van der Waals surface area (Å²) in [6, 6.07) is 10.4. The van der Waals surface area contributed by atoms with Gasteiger partial charge in [0.1, 0.15) is 6.61 Å². The Bertz CT molecular complexity index is 480. The predicted molar refractivity (Wildman–Crippen MR) is 79.0 cm³/mol. The molecule has 2 fully saturated rings. The monoisotopic (exact) mass is 290 g/mol. The maximum atomic E-state index is 12.4. The lowest BCUT2D eigenvalue weighted by Gasteiger charge is -2.51. The Labute approximate surface area is 125 Å². The number of amides is 1. The highest BCUT2D eigenvalue weighted by Gasteiger charge is 2.41. The fraction of sp³-hybridized carbons (Fsp3) is 0.562. The molecule has 5 nitrogen and oxygen atoms in total. The molecule has 2 atom stereocenters. The molecule has 0 aromatic heterocycles. The summed E-state index contributed by atoms with van der Waals surface area (Å²) in [7, 11) is 1.68. The highest BCUT2D eigenvalue weighted by atomic mass is 16.6. The first kappa shape index (κ1) is 14.4. The largest absolute Gasteiger partial charge is 0.445 e. The zero-order valence-electron chi connectivity index (χ0n) is 12.4. The van der Waals surface area contributed by atoms with Crippen molar-refractivity contribution in [3.8, 4) is 0 Å². The van der Waals surface area contributed by atoms with Crippen molar-refractivity contribution in [1.82, 2.24) is 9.80 Å². The number of carbonyl (C=O) groups excluding carboxylic acids is 1. The van der Waals surface area contributed by atoms with Crippen LogP contribution in [0.25, 0.3) is 0 Å². The van der Waals surface area contributed by atoms with Gasteiger partial charge in [-0.1, -0.05) is 30.3 Å². The SMILES string of the molecule is COCC1CN2CCC2CN1C(=O)OCc1ccccc1. The van der Waals surface area contributed by atoms with Crippen LogP contribution in [-0.4, -0.2) is 61.3 Å². The Morgan fingerprint density at radius 1 is 1.29 bits per heavy atom. The minimum Gasteiger partial charge on any atom is -0.445 e. The van der Waals surface area contributed by atoms with Gasteiger partial charge in [0.15, 0.2) is 0 Å². The second-order valence-electron chi connectivity index (χ2n) is 5.74. The molecule has 1 amide bonds. The van der Waals surface area contributed by atoms with Crippen molar-refractivity contribution in [1.29, 1.82) is 0 Å². The summed E-state index contributed by atoms with van der Waals surface area (Å²) in [5.74, 6) is 0. The standard InChI is InChI=1S/C16H22N2O3/c1-20-12-15-9-17-8-7-14(17)10-18(15)16(19)21-11-13-5-3-2-4-6-13/h2-6,14-15H,7-12H2,1H3. The summed E-state index contributed by atoms with van der Waals surface area (Å²) in [5, 5.41) is 0. The average Bonchev–Trinajstić information content (AvgIpc) is 2.49. The second kappa shape index (κ2) is 6.45. The number of hydrogen-bond donors (Lipinski definition) is 0. The summed E-state index contributed by atoms with van der Waals surface area (Å²) in [6.07, 6.45) is 0.940. The van der Waals surface area contributed by atoms with Gasteiger partial charge < -0.3 is 14.4 Å². The molecule has 114 valence electrons. The van der Waals surface area contributed by atoms with E-state index >= 15 is 0 Å². The predicted octanol–water partition coefficient (Wildman–Crippen LogP) is 1.73. The number of rotatable bonds is 4. The smallest absolute Gasteiger partial charge is 0.410 e. The first-order chi connectivity index (χ1) is 10.3. The lowest BCUT2D eigenvalue weighted by atomic mass is 9.97. The Morgan fingerprint density at radius 3 is 2.76 bits per heavy atom. The molecular formula is C16H22N2O3. The van der Waals surface area contributed by atoms with Crippen LogP contribution in [0.3, 0.4) is 0 Å². The van der Waals surface area contributed by atoms with Gasteiger partial charge in [-0.15, -0.1) is 0 Å². The fourth-order valence-corrected chi connectivity index (χ4v) is 3.05. The van der Waals surface area contributed by atoms with Crippen molar-refractivity contribution in [2.24, 2.45) is 0 Å². The fourth-order valence-electron chi connectivity index (χ4n) is 3.05. The van der Waals surface area contributed by atoms with Gasteiger partial charge in [-0.2, -0.15) is 0 Å². The molecule has 0 saturated carbocycles. The van der Waals surface area contributed by atoms with Gasteiger partial charge >= 0.3 is 6.09 Å². The number of benzene rings is 1. The van der Waals surface area contributed by atoms with Crippen molar-refractivity contribution in [3.63, 3.8) is 0 Å².